The first-order valence-electron chi connectivity index (χ1n) is 31.3. The molecule has 1 heterocycles. The van der Waals surface area contributed by atoms with E-state index >= 15 is 0 Å². The summed E-state index contributed by atoms with van der Waals surface area (Å²) in [5, 5.41) is 2.44. The zero-order valence-electron chi connectivity index (χ0n) is 49.4. The third-order valence-electron chi connectivity index (χ3n) is 20.5. The van der Waals surface area contributed by atoms with Crippen molar-refractivity contribution in [3.63, 3.8) is 0 Å². The summed E-state index contributed by atoms with van der Waals surface area (Å²) in [4.78, 5) is 0. The Kier molecular flexibility index (Phi) is 10.5. The predicted molar refractivity (Wildman–Crippen MR) is 370 cm³/mol. The van der Waals surface area contributed by atoms with E-state index in [1.54, 1.807) is 0 Å². The molecular weight excluding hydrogens is 1070 g/mol. The van der Waals surface area contributed by atoms with Crippen molar-refractivity contribution in [2.45, 2.75) is 24.7 Å². The normalized spacial score (nSPS) is 13.7. The van der Waals surface area contributed by atoms with Gasteiger partial charge in [0.1, 0.15) is 0 Å². The first-order chi connectivity index (χ1) is 43.9. The molecule has 1 nitrogen and oxygen atoms in total. The summed E-state index contributed by atoms with van der Waals surface area (Å²) in [6.45, 7) is 4.35. The van der Waals surface area contributed by atoms with Crippen LogP contribution in [0.5, 0.6) is 0 Å². The van der Waals surface area contributed by atoms with Crippen molar-refractivity contribution >= 4 is 21.8 Å². The molecule has 0 atom stereocenters. The van der Waals surface area contributed by atoms with Crippen LogP contribution in [0.3, 0.4) is 0 Å². The highest BCUT2D eigenvalue weighted by atomic mass is 15.0. The van der Waals surface area contributed by atoms with E-state index in [1.165, 1.54) is 178 Å². The highest BCUT2D eigenvalue weighted by Crippen LogP contribution is 2.65. The monoisotopic (exact) mass is 1130 g/mol. The molecule has 0 fully saturated rings. The Balaban J connectivity index is 0.765. The molecule has 0 saturated heterocycles. The number of fused-ring (bicyclic) bond motifs is 23. The van der Waals surface area contributed by atoms with Gasteiger partial charge in [0.15, 0.2) is 0 Å². The molecule has 0 unspecified atom stereocenters. The molecule has 0 saturated carbocycles. The lowest BCUT2D eigenvalue weighted by molar-refractivity contribution is 0.794. The third-order valence-corrected chi connectivity index (χ3v) is 20.5. The van der Waals surface area contributed by atoms with Crippen LogP contribution in [-0.4, -0.2) is 4.57 Å². The second kappa shape index (κ2) is 18.7. The van der Waals surface area contributed by atoms with Gasteiger partial charge in [-0.25, -0.2) is 0 Å². The highest BCUT2D eigenvalue weighted by Gasteiger charge is 2.53. The van der Waals surface area contributed by atoms with Crippen molar-refractivity contribution in [3.8, 4) is 106 Å². The van der Waals surface area contributed by atoms with Crippen LogP contribution >= 0.6 is 0 Å². The van der Waals surface area contributed by atoms with Crippen LogP contribution in [0.25, 0.3) is 128 Å². The van der Waals surface area contributed by atoms with E-state index in [-0.39, 0.29) is 0 Å². The fourth-order valence-corrected chi connectivity index (χ4v) is 16.9. The van der Waals surface area contributed by atoms with Crippen LogP contribution in [0.2, 0.25) is 0 Å². The van der Waals surface area contributed by atoms with Gasteiger partial charge in [0.05, 0.1) is 21.9 Å². The van der Waals surface area contributed by atoms with E-state index in [9.17, 15) is 0 Å². The number of rotatable bonds is 6. The smallest absolute Gasteiger partial charge is 0.0725 e. The zero-order chi connectivity index (χ0) is 58.7. The van der Waals surface area contributed by atoms with Crippen LogP contribution in [0.4, 0.5) is 0 Å². The Morgan fingerprint density at radius 1 is 0.202 bits per heavy atom. The Morgan fingerprint density at radius 2 is 0.494 bits per heavy atom. The van der Waals surface area contributed by atoms with E-state index in [4.69, 9.17) is 0 Å². The summed E-state index contributed by atoms with van der Waals surface area (Å²) < 4.78 is 2.48. The van der Waals surface area contributed by atoms with Crippen molar-refractivity contribution < 1.29 is 0 Å². The first kappa shape index (κ1) is 50.1. The molecule has 0 amide bonds. The third kappa shape index (κ3) is 6.96. The maximum Gasteiger partial charge on any atom is 0.0725 e. The first-order valence-corrected chi connectivity index (χ1v) is 31.3. The standard InChI is InChI=1S/C88H57N/c1-54-46-55(2)48-65(47-54)58-32-30-56(31-33-58)59-16-15-17-60(49-59)57-34-40-66(41-35-57)89-85-44-38-61(63-36-42-73-71-22-7-13-28-81(71)87(83(73)52-63)77-24-9-3-18-67(77)68-19-4-10-25-78(68)87)50-75(85)76-51-62(39-45-86(76)89)64-37-43-74-72-23-8-14-29-82(72)88(84(74)53-64)79-26-11-5-20-69(79)70-21-6-12-27-80(70)88/h3-53H,1-2H3. The number of nitrogens with zero attached hydrogens (tertiary/aromatic N) is 1. The average molecular weight is 1130 g/mol. The van der Waals surface area contributed by atoms with Gasteiger partial charge in [-0.1, -0.05) is 266 Å². The van der Waals surface area contributed by atoms with Gasteiger partial charge in [-0.3, -0.25) is 0 Å². The quantitative estimate of drug-likeness (QED) is 0.156. The minimum Gasteiger partial charge on any atom is -0.309 e. The number of benzene rings is 14. The Bertz CT molecular complexity index is 5110. The topological polar surface area (TPSA) is 4.93 Å². The minimum atomic E-state index is -0.428. The van der Waals surface area contributed by atoms with Crippen molar-refractivity contribution in [1.82, 2.24) is 4.57 Å². The molecule has 414 valence electrons. The van der Waals surface area contributed by atoms with Gasteiger partial charge < -0.3 is 4.57 Å². The molecule has 0 radical (unpaired) electrons. The van der Waals surface area contributed by atoms with Crippen molar-refractivity contribution in [2.75, 3.05) is 0 Å². The lowest BCUT2D eigenvalue weighted by Gasteiger charge is -2.30. The maximum atomic E-state index is 2.52. The lowest BCUT2D eigenvalue weighted by atomic mass is 9.70. The molecule has 2 spiro atoms. The van der Waals surface area contributed by atoms with E-state index in [2.05, 4.69) is 328 Å². The fraction of sp³-hybridized carbons (Fsp3) is 0.0455. The summed E-state index contributed by atoms with van der Waals surface area (Å²) in [5.74, 6) is 0. The van der Waals surface area contributed by atoms with Gasteiger partial charge in [-0.05, 0) is 213 Å². The zero-order valence-corrected chi connectivity index (χ0v) is 49.4. The Hall–Kier alpha value is -11.1. The fourth-order valence-electron chi connectivity index (χ4n) is 16.9. The van der Waals surface area contributed by atoms with Crippen LogP contribution in [0.15, 0.2) is 309 Å². The summed E-state index contributed by atoms with van der Waals surface area (Å²) in [6.07, 6.45) is 0. The van der Waals surface area contributed by atoms with Gasteiger partial charge in [-0.2, -0.15) is 0 Å². The number of hydrogen-bond donors (Lipinski definition) is 0. The molecule has 1 heteroatoms. The summed E-state index contributed by atoms with van der Waals surface area (Å²) in [5.41, 5.74) is 38.6. The summed E-state index contributed by atoms with van der Waals surface area (Å²) >= 11 is 0. The van der Waals surface area contributed by atoms with E-state index in [0.717, 1.165) is 5.69 Å². The van der Waals surface area contributed by atoms with Crippen molar-refractivity contribution in [2.24, 2.45) is 0 Å². The molecule has 19 rings (SSSR count). The molecule has 14 aromatic carbocycles. The summed E-state index contributed by atoms with van der Waals surface area (Å²) in [7, 11) is 0. The van der Waals surface area contributed by atoms with Crippen LogP contribution < -0.4 is 0 Å². The molecule has 15 aromatic rings. The maximum absolute atomic E-state index is 2.52. The van der Waals surface area contributed by atoms with E-state index in [1.807, 2.05) is 0 Å². The van der Waals surface area contributed by atoms with E-state index in [0.29, 0.717) is 0 Å². The summed E-state index contributed by atoms with van der Waals surface area (Å²) in [6, 6.07) is 118. The SMILES string of the molecule is Cc1cc(C)cc(-c2ccc(-c3cccc(-c4ccc(-n5c6ccc(-c7ccc8c(c7)C7(c9ccccc9-c9ccccc97)c7ccccc7-8)cc6c6cc(-c7ccc8c(c7)C7(c9ccccc9-c9ccccc97)c7ccccc7-8)ccc65)cc4)c3)cc2)c1. The minimum absolute atomic E-state index is 0.428. The van der Waals surface area contributed by atoms with Crippen LogP contribution in [-0.2, 0) is 10.8 Å². The van der Waals surface area contributed by atoms with Crippen molar-refractivity contribution in [1.29, 1.82) is 0 Å². The predicted octanol–water partition coefficient (Wildman–Crippen LogP) is 22.4. The number of aryl methyl sites for hydroxylation is 2. The molecule has 0 aliphatic heterocycles. The molecule has 4 aliphatic carbocycles. The van der Waals surface area contributed by atoms with Crippen LogP contribution in [0.1, 0.15) is 55.6 Å². The Morgan fingerprint density at radius 3 is 0.876 bits per heavy atom. The molecule has 4 aliphatic rings. The van der Waals surface area contributed by atoms with Gasteiger partial charge in [0.25, 0.3) is 0 Å². The lowest BCUT2D eigenvalue weighted by Crippen LogP contribution is -2.25. The average Bonchev–Trinajstić information content (AvgIpc) is 1.53. The number of hydrogen-bond acceptors (Lipinski definition) is 0. The van der Waals surface area contributed by atoms with Gasteiger partial charge in [0.2, 0.25) is 0 Å². The Labute approximate surface area is 518 Å². The number of aromatic nitrogens is 1. The molecule has 1 aromatic heterocycles. The van der Waals surface area contributed by atoms with Gasteiger partial charge in [0, 0.05) is 16.5 Å². The molecule has 89 heavy (non-hydrogen) atoms. The van der Waals surface area contributed by atoms with Gasteiger partial charge >= 0.3 is 0 Å². The van der Waals surface area contributed by atoms with E-state index < -0.39 is 10.8 Å². The molecular formula is C88H57N. The van der Waals surface area contributed by atoms with Crippen LogP contribution in [0, 0.1) is 13.8 Å². The van der Waals surface area contributed by atoms with Gasteiger partial charge in [-0.15, -0.1) is 0 Å². The van der Waals surface area contributed by atoms with Crippen molar-refractivity contribution in [3.05, 3.63) is 365 Å². The largest absolute Gasteiger partial charge is 0.309 e. The second-order valence-electron chi connectivity index (χ2n) is 25.2. The molecule has 0 bridgehead atoms. The molecule has 0 N–H and O–H groups in total. The highest BCUT2D eigenvalue weighted by molar-refractivity contribution is 6.12. The second-order valence-corrected chi connectivity index (χ2v) is 25.2.